The SMILES string of the molecule is CCCC[C@H](C(=O)OCC)C(=O)C(=O)OCC. The Bertz CT molecular complexity index is 272. The Kier molecular flexibility index (Phi) is 8.01. The van der Waals surface area contributed by atoms with E-state index < -0.39 is 23.6 Å². The van der Waals surface area contributed by atoms with E-state index in [4.69, 9.17) is 4.74 Å². The van der Waals surface area contributed by atoms with Crippen molar-refractivity contribution in [2.45, 2.75) is 40.0 Å². The monoisotopic (exact) mass is 244 g/mol. The second-order valence-corrected chi connectivity index (χ2v) is 3.53. The Morgan fingerprint density at radius 3 is 2.06 bits per heavy atom. The van der Waals surface area contributed by atoms with E-state index in [2.05, 4.69) is 4.74 Å². The lowest BCUT2D eigenvalue weighted by atomic mass is 9.97. The molecule has 5 heteroatoms. The number of hydrogen-bond donors (Lipinski definition) is 0. The Labute approximate surface area is 101 Å². The van der Waals surface area contributed by atoms with Crippen LogP contribution in [0, 0.1) is 5.92 Å². The zero-order valence-corrected chi connectivity index (χ0v) is 10.7. The first-order valence-corrected chi connectivity index (χ1v) is 5.95. The lowest BCUT2D eigenvalue weighted by Gasteiger charge is -2.12. The van der Waals surface area contributed by atoms with Crippen LogP contribution in [0.2, 0.25) is 0 Å². The van der Waals surface area contributed by atoms with Crippen molar-refractivity contribution < 1.29 is 23.9 Å². The summed E-state index contributed by atoms with van der Waals surface area (Å²) in [7, 11) is 0. The minimum atomic E-state index is -1.02. The topological polar surface area (TPSA) is 69.7 Å². The molecule has 0 saturated carbocycles. The molecule has 0 aromatic heterocycles. The Morgan fingerprint density at radius 1 is 1.00 bits per heavy atom. The number of carbonyl (C=O) groups excluding carboxylic acids is 3. The molecule has 0 N–H and O–H groups in total. The summed E-state index contributed by atoms with van der Waals surface area (Å²) in [6.45, 7) is 5.52. The van der Waals surface area contributed by atoms with Crippen molar-refractivity contribution in [2.24, 2.45) is 5.92 Å². The Hall–Kier alpha value is -1.39. The first-order valence-electron chi connectivity index (χ1n) is 5.95. The highest BCUT2D eigenvalue weighted by Gasteiger charge is 2.33. The molecule has 0 unspecified atom stereocenters. The molecule has 17 heavy (non-hydrogen) atoms. The second-order valence-electron chi connectivity index (χ2n) is 3.53. The molecular weight excluding hydrogens is 224 g/mol. The summed E-state index contributed by atoms with van der Waals surface area (Å²) >= 11 is 0. The van der Waals surface area contributed by atoms with Crippen LogP contribution in [0.4, 0.5) is 0 Å². The molecule has 0 aromatic rings. The van der Waals surface area contributed by atoms with E-state index in [1.807, 2.05) is 6.92 Å². The fourth-order valence-corrected chi connectivity index (χ4v) is 1.35. The van der Waals surface area contributed by atoms with Crippen molar-refractivity contribution in [3.8, 4) is 0 Å². The molecule has 5 nitrogen and oxygen atoms in total. The molecule has 0 amide bonds. The summed E-state index contributed by atoms with van der Waals surface area (Å²) in [5, 5.41) is 0. The van der Waals surface area contributed by atoms with Gasteiger partial charge in [0.1, 0.15) is 5.92 Å². The van der Waals surface area contributed by atoms with E-state index in [0.29, 0.717) is 12.8 Å². The predicted molar refractivity (Wildman–Crippen MR) is 61.3 cm³/mol. The smallest absolute Gasteiger partial charge is 0.375 e. The summed E-state index contributed by atoms with van der Waals surface area (Å²) < 4.78 is 9.38. The summed E-state index contributed by atoms with van der Waals surface area (Å²) in [6, 6.07) is 0. The van der Waals surface area contributed by atoms with Crippen LogP contribution in [0.15, 0.2) is 0 Å². The van der Waals surface area contributed by atoms with E-state index in [0.717, 1.165) is 6.42 Å². The number of unbranched alkanes of at least 4 members (excludes halogenated alkanes) is 1. The van der Waals surface area contributed by atoms with Gasteiger partial charge in [-0.25, -0.2) is 4.79 Å². The highest BCUT2D eigenvalue weighted by molar-refractivity contribution is 6.37. The number of hydrogen-bond acceptors (Lipinski definition) is 5. The maximum Gasteiger partial charge on any atom is 0.375 e. The van der Waals surface area contributed by atoms with Gasteiger partial charge < -0.3 is 9.47 Å². The highest BCUT2D eigenvalue weighted by Crippen LogP contribution is 2.13. The normalized spacial score (nSPS) is 11.7. The van der Waals surface area contributed by atoms with Crippen LogP contribution in [-0.4, -0.2) is 30.9 Å². The molecule has 0 rings (SSSR count). The van der Waals surface area contributed by atoms with Gasteiger partial charge in [0, 0.05) is 0 Å². The average Bonchev–Trinajstić information content (AvgIpc) is 2.30. The molecule has 0 fully saturated rings. The summed E-state index contributed by atoms with van der Waals surface area (Å²) in [5.74, 6) is -3.42. The van der Waals surface area contributed by atoms with E-state index in [9.17, 15) is 14.4 Å². The average molecular weight is 244 g/mol. The molecule has 0 radical (unpaired) electrons. The standard InChI is InChI=1S/C12H20O5/c1-4-7-8-9(11(14)16-5-2)10(13)12(15)17-6-3/h9H,4-8H2,1-3H3/t9-/m0/s1. The largest absolute Gasteiger partial charge is 0.465 e. The summed E-state index contributed by atoms with van der Waals surface area (Å²) in [4.78, 5) is 34.5. The van der Waals surface area contributed by atoms with Crippen LogP contribution in [0.5, 0.6) is 0 Å². The molecule has 0 aliphatic rings. The molecule has 0 saturated heterocycles. The van der Waals surface area contributed by atoms with Crippen LogP contribution >= 0.6 is 0 Å². The van der Waals surface area contributed by atoms with Gasteiger partial charge in [-0.2, -0.15) is 0 Å². The number of ketones is 1. The summed E-state index contributed by atoms with van der Waals surface area (Å²) in [5.41, 5.74) is 0. The molecule has 0 aliphatic carbocycles. The van der Waals surface area contributed by atoms with Gasteiger partial charge in [-0.15, -0.1) is 0 Å². The lowest BCUT2D eigenvalue weighted by molar-refractivity contribution is -0.162. The third-order valence-electron chi connectivity index (χ3n) is 2.21. The molecule has 1 atom stereocenters. The highest BCUT2D eigenvalue weighted by atomic mass is 16.5. The van der Waals surface area contributed by atoms with Crippen molar-refractivity contribution >= 4 is 17.7 Å². The van der Waals surface area contributed by atoms with Crippen LogP contribution < -0.4 is 0 Å². The number of ether oxygens (including phenoxy) is 2. The third kappa shape index (κ3) is 5.47. The van der Waals surface area contributed by atoms with E-state index in [-0.39, 0.29) is 13.2 Å². The van der Waals surface area contributed by atoms with Crippen LogP contribution in [0.1, 0.15) is 40.0 Å². The number of Topliss-reactive ketones (excluding diaryl/α,β-unsaturated/α-hetero) is 1. The Balaban J connectivity index is 4.60. The molecular formula is C12H20O5. The maximum absolute atomic E-state index is 11.7. The fraction of sp³-hybridized carbons (Fsp3) is 0.750. The first kappa shape index (κ1) is 15.6. The number of esters is 2. The molecule has 0 bridgehead atoms. The third-order valence-corrected chi connectivity index (χ3v) is 2.21. The van der Waals surface area contributed by atoms with Crippen molar-refractivity contribution in [2.75, 3.05) is 13.2 Å². The zero-order chi connectivity index (χ0) is 13.3. The predicted octanol–water partition coefficient (Wildman–Crippen LogP) is 1.49. The van der Waals surface area contributed by atoms with E-state index in [1.54, 1.807) is 13.8 Å². The van der Waals surface area contributed by atoms with Crippen LogP contribution in [0.25, 0.3) is 0 Å². The molecule has 98 valence electrons. The Morgan fingerprint density at radius 2 is 1.59 bits per heavy atom. The zero-order valence-electron chi connectivity index (χ0n) is 10.7. The quantitative estimate of drug-likeness (QED) is 0.367. The van der Waals surface area contributed by atoms with E-state index in [1.165, 1.54) is 0 Å². The van der Waals surface area contributed by atoms with Crippen molar-refractivity contribution in [1.29, 1.82) is 0 Å². The van der Waals surface area contributed by atoms with Crippen LogP contribution in [0.3, 0.4) is 0 Å². The van der Waals surface area contributed by atoms with Crippen molar-refractivity contribution in [3.05, 3.63) is 0 Å². The minimum Gasteiger partial charge on any atom is -0.465 e. The molecule has 0 aliphatic heterocycles. The number of carbonyl (C=O) groups is 3. The molecule has 0 heterocycles. The first-order chi connectivity index (χ1) is 8.08. The van der Waals surface area contributed by atoms with Gasteiger partial charge in [0.15, 0.2) is 0 Å². The van der Waals surface area contributed by atoms with Gasteiger partial charge in [-0.3, -0.25) is 9.59 Å². The molecule has 0 spiro atoms. The van der Waals surface area contributed by atoms with Gasteiger partial charge >= 0.3 is 11.9 Å². The fourth-order valence-electron chi connectivity index (χ4n) is 1.35. The van der Waals surface area contributed by atoms with Crippen molar-refractivity contribution in [3.63, 3.8) is 0 Å². The van der Waals surface area contributed by atoms with Crippen molar-refractivity contribution in [1.82, 2.24) is 0 Å². The van der Waals surface area contributed by atoms with Gasteiger partial charge in [0.05, 0.1) is 13.2 Å². The van der Waals surface area contributed by atoms with Gasteiger partial charge in [-0.05, 0) is 20.3 Å². The number of rotatable bonds is 8. The van der Waals surface area contributed by atoms with Crippen LogP contribution in [-0.2, 0) is 23.9 Å². The minimum absolute atomic E-state index is 0.119. The van der Waals surface area contributed by atoms with Gasteiger partial charge in [0.25, 0.3) is 5.78 Å². The maximum atomic E-state index is 11.7. The second kappa shape index (κ2) is 8.73. The van der Waals surface area contributed by atoms with Gasteiger partial charge in [-0.1, -0.05) is 19.8 Å². The molecule has 0 aromatic carbocycles. The van der Waals surface area contributed by atoms with E-state index >= 15 is 0 Å². The summed E-state index contributed by atoms with van der Waals surface area (Å²) in [6.07, 6.45) is 1.85. The van der Waals surface area contributed by atoms with Gasteiger partial charge in [0.2, 0.25) is 0 Å². The lowest BCUT2D eigenvalue weighted by Crippen LogP contribution is -2.33.